The van der Waals surface area contributed by atoms with E-state index in [1.807, 2.05) is 19.1 Å². The summed E-state index contributed by atoms with van der Waals surface area (Å²) in [7, 11) is 4.88. The Bertz CT molecular complexity index is 822. The molecule has 27 heavy (non-hydrogen) atoms. The first-order valence-electron chi connectivity index (χ1n) is 8.58. The average molecular weight is 372 g/mol. The van der Waals surface area contributed by atoms with Gasteiger partial charge in [0.2, 0.25) is 5.91 Å². The highest BCUT2D eigenvalue weighted by atomic mass is 16.6. The summed E-state index contributed by atoms with van der Waals surface area (Å²) in [5.74, 6) is 1.36. The second-order valence-electron chi connectivity index (χ2n) is 6.21. The van der Waals surface area contributed by atoms with Gasteiger partial charge in [-0.3, -0.25) is 14.9 Å². The molecule has 1 amide bonds. The Morgan fingerprint density at radius 1 is 1.19 bits per heavy atom. The van der Waals surface area contributed by atoms with Crippen LogP contribution < -0.4 is 9.47 Å². The fraction of sp³-hybridized carbons (Fsp3) is 0.350. The molecule has 2 aromatic rings. The third-order valence-electron chi connectivity index (χ3n) is 4.63. The molecule has 0 aromatic heterocycles. The van der Waals surface area contributed by atoms with E-state index in [4.69, 9.17) is 9.47 Å². The summed E-state index contributed by atoms with van der Waals surface area (Å²) in [4.78, 5) is 24.7. The van der Waals surface area contributed by atoms with Gasteiger partial charge in [0.15, 0.2) is 0 Å². The summed E-state index contributed by atoms with van der Waals surface area (Å²) >= 11 is 0. The second kappa shape index (κ2) is 9.02. The van der Waals surface area contributed by atoms with Gasteiger partial charge in [0.05, 0.1) is 25.2 Å². The van der Waals surface area contributed by atoms with Crippen LogP contribution >= 0.6 is 0 Å². The molecule has 2 aromatic carbocycles. The smallest absolute Gasteiger partial charge is 0.269 e. The molecule has 0 saturated heterocycles. The first-order chi connectivity index (χ1) is 12.9. The van der Waals surface area contributed by atoms with Crippen molar-refractivity contribution in [2.75, 3.05) is 21.3 Å². The van der Waals surface area contributed by atoms with E-state index in [1.165, 1.54) is 12.1 Å². The molecule has 0 bridgehead atoms. The normalized spacial score (nSPS) is 11.6. The molecule has 7 heteroatoms. The Hall–Kier alpha value is -3.09. The zero-order valence-corrected chi connectivity index (χ0v) is 16.0. The third-order valence-corrected chi connectivity index (χ3v) is 4.63. The van der Waals surface area contributed by atoms with Crippen LogP contribution in [-0.2, 0) is 11.2 Å². The molecule has 0 radical (unpaired) electrons. The highest BCUT2D eigenvalue weighted by Crippen LogP contribution is 2.27. The standard InChI is InChI=1S/C20H24N2O5/c1-14(15-6-5-7-17(12-15)22(24)25)21(2)20(23)11-8-16-13-18(26-3)9-10-19(16)27-4/h5-7,9-10,12-14H,8,11H2,1-4H3. The van der Waals surface area contributed by atoms with Crippen LogP contribution in [0.5, 0.6) is 11.5 Å². The van der Waals surface area contributed by atoms with Crippen LogP contribution in [0.2, 0.25) is 0 Å². The van der Waals surface area contributed by atoms with E-state index < -0.39 is 4.92 Å². The predicted molar refractivity (Wildman–Crippen MR) is 102 cm³/mol. The average Bonchev–Trinajstić information content (AvgIpc) is 2.70. The first-order valence-corrected chi connectivity index (χ1v) is 8.58. The summed E-state index contributed by atoms with van der Waals surface area (Å²) in [6, 6.07) is 11.6. The number of carbonyl (C=O) groups excluding carboxylic acids is 1. The van der Waals surface area contributed by atoms with Gasteiger partial charge in [0.1, 0.15) is 11.5 Å². The molecule has 2 rings (SSSR count). The minimum Gasteiger partial charge on any atom is -0.497 e. The summed E-state index contributed by atoms with van der Waals surface area (Å²) in [5, 5.41) is 11.0. The molecule has 0 spiro atoms. The number of nitrogens with zero attached hydrogens (tertiary/aromatic N) is 2. The Morgan fingerprint density at radius 3 is 2.56 bits per heavy atom. The Kier molecular flexibility index (Phi) is 6.76. The molecule has 0 saturated carbocycles. The van der Waals surface area contributed by atoms with Crippen molar-refractivity contribution in [3.8, 4) is 11.5 Å². The lowest BCUT2D eigenvalue weighted by molar-refractivity contribution is -0.384. The quantitative estimate of drug-likeness (QED) is 0.520. The van der Waals surface area contributed by atoms with Crippen LogP contribution in [0.4, 0.5) is 5.69 Å². The van der Waals surface area contributed by atoms with Crippen molar-refractivity contribution in [3.05, 3.63) is 63.7 Å². The minimum absolute atomic E-state index is 0.0151. The van der Waals surface area contributed by atoms with E-state index in [1.54, 1.807) is 44.4 Å². The predicted octanol–water partition coefficient (Wildman–Crippen LogP) is 3.76. The largest absolute Gasteiger partial charge is 0.497 e. The van der Waals surface area contributed by atoms with E-state index in [-0.39, 0.29) is 17.6 Å². The Morgan fingerprint density at radius 2 is 1.93 bits per heavy atom. The molecule has 0 aliphatic carbocycles. The third kappa shape index (κ3) is 4.97. The van der Waals surface area contributed by atoms with Gasteiger partial charge in [-0.15, -0.1) is 0 Å². The topological polar surface area (TPSA) is 81.9 Å². The number of amides is 1. The van der Waals surface area contributed by atoms with E-state index >= 15 is 0 Å². The SMILES string of the molecule is COc1ccc(OC)c(CCC(=O)N(C)C(C)c2cccc([N+](=O)[O-])c2)c1. The van der Waals surface area contributed by atoms with E-state index in [0.717, 1.165) is 11.1 Å². The molecule has 0 fully saturated rings. The van der Waals surface area contributed by atoms with Crippen LogP contribution in [0.1, 0.15) is 30.5 Å². The number of non-ortho nitro benzene ring substituents is 1. The molecular formula is C20H24N2O5. The lowest BCUT2D eigenvalue weighted by Gasteiger charge is -2.25. The van der Waals surface area contributed by atoms with Gasteiger partial charge >= 0.3 is 0 Å². The molecule has 0 N–H and O–H groups in total. The summed E-state index contributed by atoms with van der Waals surface area (Å²) < 4.78 is 10.6. The maximum atomic E-state index is 12.6. The number of methoxy groups -OCH3 is 2. The number of nitro groups is 1. The van der Waals surface area contributed by atoms with Crippen LogP contribution in [0.3, 0.4) is 0 Å². The minimum atomic E-state index is -0.437. The van der Waals surface area contributed by atoms with Crippen LogP contribution in [0.15, 0.2) is 42.5 Å². The van der Waals surface area contributed by atoms with E-state index in [9.17, 15) is 14.9 Å². The van der Waals surface area contributed by atoms with Crippen LogP contribution in [-0.4, -0.2) is 37.0 Å². The van der Waals surface area contributed by atoms with Crippen molar-refractivity contribution >= 4 is 11.6 Å². The Labute approximate surface area is 158 Å². The number of nitro benzene ring substituents is 1. The number of carbonyl (C=O) groups is 1. The summed E-state index contributed by atoms with van der Waals surface area (Å²) in [6.45, 7) is 1.85. The second-order valence-corrected chi connectivity index (χ2v) is 6.21. The summed E-state index contributed by atoms with van der Waals surface area (Å²) in [6.07, 6.45) is 0.796. The molecule has 1 unspecified atom stereocenters. The fourth-order valence-corrected chi connectivity index (χ4v) is 2.83. The lowest BCUT2D eigenvalue weighted by atomic mass is 10.0. The zero-order valence-electron chi connectivity index (χ0n) is 16.0. The number of hydrogen-bond donors (Lipinski definition) is 0. The van der Waals surface area contributed by atoms with Gasteiger partial charge < -0.3 is 14.4 Å². The molecule has 0 aliphatic rings. The molecule has 144 valence electrons. The number of benzene rings is 2. The van der Waals surface area contributed by atoms with E-state index in [2.05, 4.69) is 0 Å². The number of aryl methyl sites for hydroxylation is 1. The van der Waals surface area contributed by atoms with Crippen molar-refractivity contribution in [1.29, 1.82) is 0 Å². The van der Waals surface area contributed by atoms with Gasteiger partial charge in [0, 0.05) is 25.6 Å². The highest BCUT2D eigenvalue weighted by Gasteiger charge is 2.19. The van der Waals surface area contributed by atoms with Gasteiger partial charge in [0.25, 0.3) is 5.69 Å². The molecule has 1 atom stereocenters. The van der Waals surface area contributed by atoms with Gasteiger partial charge in [-0.1, -0.05) is 12.1 Å². The van der Waals surface area contributed by atoms with Gasteiger partial charge in [-0.25, -0.2) is 0 Å². The Balaban J connectivity index is 2.07. The fourth-order valence-electron chi connectivity index (χ4n) is 2.83. The van der Waals surface area contributed by atoms with Gasteiger partial charge in [-0.2, -0.15) is 0 Å². The van der Waals surface area contributed by atoms with Crippen molar-refractivity contribution in [1.82, 2.24) is 4.90 Å². The highest BCUT2D eigenvalue weighted by molar-refractivity contribution is 5.76. The first kappa shape index (κ1) is 20.2. The monoisotopic (exact) mass is 372 g/mol. The number of hydrogen-bond acceptors (Lipinski definition) is 5. The molecule has 0 heterocycles. The van der Waals surface area contributed by atoms with Crippen LogP contribution in [0, 0.1) is 10.1 Å². The number of ether oxygens (including phenoxy) is 2. The van der Waals surface area contributed by atoms with Crippen molar-refractivity contribution in [2.24, 2.45) is 0 Å². The van der Waals surface area contributed by atoms with Crippen molar-refractivity contribution in [2.45, 2.75) is 25.8 Å². The maximum absolute atomic E-state index is 12.6. The lowest BCUT2D eigenvalue weighted by Crippen LogP contribution is -2.29. The zero-order chi connectivity index (χ0) is 20.0. The van der Waals surface area contributed by atoms with E-state index in [0.29, 0.717) is 24.3 Å². The maximum Gasteiger partial charge on any atom is 0.269 e. The molecule has 7 nitrogen and oxygen atoms in total. The summed E-state index contributed by atoms with van der Waals surface area (Å²) in [5.41, 5.74) is 1.63. The van der Waals surface area contributed by atoms with Crippen molar-refractivity contribution in [3.63, 3.8) is 0 Å². The van der Waals surface area contributed by atoms with Crippen LogP contribution in [0.25, 0.3) is 0 Å². The van der Waals surface area contributed by atoms with Gasteiger partial charge in [-0.05, 0) is 42.7 Å². The number of rotatable bonds is 8. The van der Waals surface area contributed by atoms with Crippen molar-refractivity contribution < 1.29 is 19.2 Å². The molecule has 0 aliphatic heterocycles. The molecular weight excluding hydrogens is 348 g/mol.